The summed E-state index contributed by atoms with van der Waals surface area (Å²) in [6.45, 7) is 0.413. The van der Waals surface area contributed by atoms with Crippen molar-refractivity contribution in [2.24, 2.45) is 0 Å². The fraction of sp³-hybridized carbons (Fsp3) is 0.0625. The van der Waals surface area contributed by atoms with Crippen LogP contribution in [0.25, 0.3) is 10.8 Å². The molecule has 0 unspecified atom stereocenters. The Hall–Kier alpha value is -2.26. The molecule has 0 aliphatic heterocycles. The molecule has 0 atom stereocenters. The maximum Gasteiger partial charge on any atom is 0.258 e. The van der Waals surface area contributed by atoms with E-state index in [4.69, 9.17) is 17.3 Å². The van der Waals surface area contributed by atoms with E-state index < -0.39 is 0 Å². The van der Waals surface area contributed by atoms with Gasteiger partial charge >= 0.3 is 0 Å². The SMILES string of the molecule is Nc1ccc(Cl)cc1Cn1ccc2ccccc2c1=O. The molecule has 0 saturated heterocycles. The van der Waals surface area contributed by atoms with Gasteiger partial charge in [0.15, 0.2) is 0 Å². The minimum absolute atomic E-state index is 0.0255. The summed E-state index contributed by atoms with van der Waals surface area (Å²) in [6, 6.07) is 14.7. The molecule has 0 spiro atoms. The molecule has 0 bridgehead atoms. The van der Waals surface area contributed by atoms with Crippen molar-refractivity contribution < 1.29 is 0 Å². The highest BCUT2D eigenvalue weighted by atomic mass is 35.5. The van der Waals surface area contributed by atoms with Gasteiger partial charge in [-0.05, 0) is 41.3 Å². The van der Waals surface area contributed by atoms with Gasteiger partial charge in [-0.25, -0.2) is 0 Å². The Morgan fingerprint density at radius 1 is 1.10 bits per heavy atom. The number of nitrogen functional groups attached to an aromatic ring is 1. The van der Waals surface area contributed by atoms with Crippen molar-refractivity contribution >= 4 is 28.1 Å². The Labute approximate surface area is 121 Å². The topological polar surface area (TPSA) is 48.0 Å². The molecule has 2 aromatic carbocycles. The summed E-state index contributed by atoms with van der Waals surface area (Å²) in [7, 11) is 0. The Balaban J connectivity index is 2.09. The van der Waals surface area contributed by atoms with Gasteiger partial charge in [0, 0.05) is 22.3 Å². The second-order valence-electron chi connectivity index (χ2n) is 4.68. The number of anilines is 1. The number of halogens is 1. The van der Waals surface area contributed by atoms with Gasteiger partial charge in [0.2, 0.25) is 0 Å². The number of hydrogen-bond acceptors (Lipinski definition) is 2. The average molecular weight is 285 g/mol. The summed E-state index contributed by atoms with van der Waals surface area (Å²) in [5.41, 5.74) is 7.38. The molecule has 1 aromatic heterocycles. The molecule has 0 fully saturated rings. The van der Waals surface area contributed by atoms with Crippen LogP contribution in [-0.4, -0.2) is 4.57 Å². The van der Waals surface area contributed by atoms with Crippen molar-refractivity contribution in [3.63, 3.8) is 0 Å². The summed E-state index contributed by atoms with van der Waals surface area (Å²) in [5.74, 6) is 0. The molecule has 0 aliphatic carbocycles. The van der Waals surface area contributed by atoms with E-state index in [2.05, 4.69) is 0 Å². The van der Waals surface area contributed by atoms with Crippen molar-refractivity contribution in [3.8, 4) is 0 Å². The summed E-state index contributed by atoms with van der Waals surface area (Å²) < 4.78 is 1.64. The van der Waals surface area contributed by atoms with Gasteiger partial charge in [0.25, 0.3) is 5.56 Å². The van der Waals surface area contributed by atoms with Crippen LogP contribution >= 0.6 is 11.6 Å². The fourth-order valence-corrected chi connectivity index (χ4v) is 2.44. The molecule has 1 heterocycles. The molecule has 4 heteroatoms. The molecule has 0 saturated carbocycles. The standard InChI is InChI=1S/C16H13ClN2O/c17-13-5-6-15(18)12(9-13)10-19-8-7-11-3-1-2-4-14(11)16(19)20/h1-9H,10,18H2. The third kappa shape index (κ3) is 2.28. The smallest absolute Gasteiger partial charge is 0.258 e. The molecule has 0 amide bonds. The predicted octanol–water partition coefficient (Wildman–Crippen LogP) is 3.29. The van der Waals surface area contributed by atoms with Gasteiger partial charge in [0.05, 0.1) is 6.54 Å². The van der Waals surface area contributed by atoms with E-state index in [1.54, 1.807) is 29.0 Å². The number of nitrogens with zero attached hydrogens (tertiary/aromatic N) is 1. The molecule has 20 heavy (non-hydrogen) atoms. The number of aromatic nitrogens is 1. The zero-order valence-corrected chi connectivity index (χ0v) is 11.5. The quantitative estimate of drug-likeness (QED) is 0.734. The zero-order valence-electron chi connectivity index (χ0n) is 10.7. The number of hydrogen-bond donors (Lipinski definition) is 1. The van der Waals surface area contributed by atoms with Crippen LogP contribution in [0, 0.1) is 0 Å². The van der Waals surface area contributed by atoms with Gasteiger partial charge in [-0.15, -0.1) is 0 Å². The molecule has 3 aromatic rings. The Morgan fingerprint density at radius 3 is 2.75 bits per heavy atom. The lowest BCUT2D eigenvalue weighted by Crippen LogP contribution is -2.20. The lowest BCUT2D eigenvalue weighted by Gasteiger charge is -2.10. The highest BCUT2D eigenvalue weighted by Crippen LogP contribution is 2.19. The zero-order chi connectivity index (χ0) is 14.1. The molecule has 2 N–H and O–H groups in total. The van der Waals surface area contributed by atoms with Gasteiger partial charge in [-0.1, -0.05) is 29.8 Å². The summed E-state index contributed by atoms with van der Waals surface area (Å²) in [5, 5.41) is 2.26. The van der Waals surface area contributed by atoms with Crippen LogP contribution in [0.5, 0.6) is 0 Å². The van der Waals surface area contributed by atoms with Gasteiger partial charge in [-0.3, -0.25) is 4.79 Å². The van der Waals surface area contributed by atoms with Crippen LogP contribution < -0.4 is 11.3 Å². The first-order valence-corrected chi connectivity index (χ1v) is 6.65. The minimum Gasteiger partial charge on any atom is -0.398 e. The summed E-state index contributed by atoms with van der Waals surface area (Å²) >= 11 is 5.97. The van der Waals surface area contributed by atoms with Gasteiger partial charge in [0.1, 0.15) is 0 Å². The Bertz CT molecular complexity index is 839. The van der Waals surface area contributed by atoms with E-state index in [9.17, 15) is 4.79 Å². The van der Waals surface area contributed by atoms with E-state index in [1.807, 2.05) is 30.3 Å². The molecular weight excluding hydrogens is 272 g/mol. The highest BCUT2D eigenvalue weighted by Gasteiger charge is 2.05. The lowest BCUT2D eigenvalue weighted by atomic mass is 10.1. The Kier molecular flexibility index (Phi) is 3.20. The van der Waals surface area contributed by atoms with Gasteiger partial charge < -0.3 is 10.3 Å². The average Bonchev–Trinajstić information content (AvgIpc) is 2.46. The number of benzene rings is 2. The number of rotatable bonds is 2. The minimum atomic E-state index is -0.0255. The lowest BCUT2D eigenvalue weighted by molar-refractivity contribution is 0.770. The van der Waals surface area contributed by atoms with Crippen molar-refractivity contribution in [1.82, 2.24) is 4.57 Å². The first-order chi connectivity index (χ1) is 9.65. The number of pyridine rings is 1. The second-order valence-corrected chi connectivity index (χ2v) is 5.12. The summed E-state index contributed by atoms with van der Waals surface area (Å²) in [4.78, 5) is 12.4. The molecule has 3 nitrogen and oxygen atoms in total. The molecule has 0 radical (unpaired) electrons. The van der Waals surface area contributed by atoms with E-state index in [0.29, 0.717) is 22.6 Å². The first-order valence-electron chi connectivity index (χ1n) is 6.27. The monoisotopic (exact) mass is 284 g/mol. The summed E-state index contributed by atoms with van der Waals surface area (Å²) in [6.07, 6.45) is 1.78. The van der Waals surface area contributed by atoms with Crippen molar-refractivity contribution in [1.29, 1.82) is 0 Å². The normalized spacial score (nSPS) is 10.8. The van der Waals surface area contributed by atoms with Crippen LogP contribution in [0.4, 0.5) is 5.69 Å². The van der Waals surface area contributed by atoms with Crippen LogP contribution in [0.3, 0.4) is 0 Å². The highest BCUT2D eigenvalue weighted by molar-refractivity contribution is 6.30. The van der Waals surface area contributed by atoms with E-state index in [-0.39, 0.29) is 5.56 Å². The third-order valence-corrected chi connectivity index (χ3v) is 3.57. The molecule has 100 valence electrons. The van der Waals surface area contributed by atoms with Crippen LogP contribution in [0.2, 0.25) is 5.02 Å². The fourth-order valence-electron chi connectivity index (χ4n) is 2.25. The first kappa shape index (κ1) is 12.8. The molecule has 0 aliphatic rings. The third-order valence-electron chi connectivity index (χ3n) is 3.33. The van der Waals surface area contributed by atoms with E-state index in [1.165, 1.54) is 0 Å². The van der Waals surface area contributed by atoms with E-state index >= 15 is 0 Å². The van der Waals surface area contributed by atoms with Crippen LogP contribution in [0.15, 0.2) is 59.5 Å². The number of nitrogens with two attached hydrogens (primary N) is 1. The van der Waals surface area contributed by atoms with Crippen LogP contribution in [0.1, 0.15) is 5.56 Å². The second kappa shape index (κ2) is 5.02. The molecular formula is C16H13ClN2O. The van der Waals surface area contributed by atoms with Crippen molar-refractivity contribution in [2.75, 3.05) is 5.73 Å². The van der Waals surface area contributed by atoms with Crippen molar-refractivity contribution in [3.05, 3.63) is 75.7 Å². The molecule has 3 rings (SSSR count). The van der Waals surface area contributed by atoms with Crippen LogP contribution in [-0.2, 0) is 6.54 Å². The van der Waals surface area contributed by atoms with E-state index in [0.717, 1.165) is 10.9 Å². The van der Waals surface area contributed by atoms with Crippen molar-refractivity contribution in [2.45, 2.75) is 6.54 Å². The maximum absolute atomic E-state index is 12.4. The Morgan fingerprint density at radius 2 is 1.90 bits per heavy atom. The predicted molar refractivity (Wildman–Crippen MR) is 83.2 cm³/mol. The maximum atomic E-state index is 12.4. The number of fused-ring (bicyclic) bond motifs is 1. The largest absolute Gasteiger partial charge is 0.398 e. The van der Waals surface area contributed by atoms with Gasteiger partial charge in [-0.2, -0.15) is 0 Å².